The SMILES string of the molecule is CC(C)CC(=O)Nc1nnc(-c2cccnc2)s1. The highest BCUT2D eigenvalue weighted by molar-refractivity contribution is 7.18. The first-order valence-electron chi connectivity index (χ1n) is 5.69. The van der Waals surface area contributed by atoms with Crippen molar-refractivity contribution in [1.82, 2.24) is 15.2 Å². The van der Waals surface area contributed by atoms with Crippen molar-refractivity contribution in [3.8, 4) is 10.6 Å². The van der Waals surface area contributed by atoms with Gasteiger partial charge in [0.2, 0.25) is 11.0 Å². The molecule has 0 aliphatic carbocycles. The molecule has 2 rings (SSSR count). The molecule has 0 spiro atoms. The van der Waals surface area contributed by atoms with Crippen molar-refractivity contribution >= 4 is 22.4 Å². The van der Waals surface area contributed by atoms with Crippen LogP contribution in [0.15, 0.2) is 24.5 Å². The van der Waals surface area contributed by atoms with E-state index in [2.05, 4.69) is 20.5 Å². The highest BCUT2D eigenvalue weighted by atomic mass is 32.1. The summed E-state index contributed by atoms with van der Waals surface area (Å²) in [6, 6.07) is 3.75. The fourth-order valence-electron chi connectivity index (χ4n) is 1.42. The molecule has 0 aromatic carbocycles. The Morgan fingerprint density at radius 2 is 2.28 bits per heavy atom. The van der Waals surface area contributed by atoms with Crippen molar-refractivity contribution in [2.75, 3.05) is 5.32 Å². The third kappa shape index (κ3) is 3.33. The van der Waals surface area contributed by atoms with Crippen LogP contribution in [0.3, 0.4) is 0 Å². The number of amides is 1. The first-order valence-corrected chi connectivity index (χ1v) is 6.50. The van der Waals surface area contributed by atoms with E-state index in [1.165, 1.54) is 11.3 Å². The second kappa shape index (κ2) is 5.68. The Morgan fingerprint density at radius 3 is 2.94 bits per heavy atom. The molecule has 0 saturated heterocycles. The smallest absolute Gasteiger partial charge is 0.226 e. The number of hydrogen-bond donors (Lipinski definition) is 1. The van der Waals surface area contributed by atoms with E-state index in [-0.39, 0.29) is 5.91 Å². The van der Waals surface area contributed by atoms with Gasteiger partial charge in [0, 0.05) is 24.4 Å². The van der Waals surface area contributed by atoms with Gasteiger partial charge in [-0.05, 0) is 18.1 Å². The minimum atomic E-state index is -0.0288. The van der Waals surface area contributed by atoms with Crippen molar-refractivity contribution in [1.29, 1.82) is 0 Å². The molecule has 1 N–H and O–H groups in total. The Hall–Kier alpha value is -1.82. The summed E-state index contributed by atoms with van der Waals surface area (Å²) in [5.41, 5.74) is 0.902. The second-order valence-electron chi connectivity index (χ2n) is 4.30. The molecule has 0 atom stereocenters. The van der Waals surface area contributed by atoms with Gasteiger partial charge in [-0.3, -0.25) is 9.78 Å². The third-order valence-corrected chi connectivity index (χ3v) is 3.06. The van der Waals surface area contributed by atoms with Gasteiger partial charge in [0.1, 0.15) is 0 Å². The standard InChI is InChI=1S/C12H14N4OS/c1-8(2)6-10(17)14-12-16-15-11(18-12)9-4-3-5-13-7-9/h3-5,7-8H,6H2,1-2H3,(H,14,16,17). The molecule has 5 nitrogen and oxygen atoms in total. The maximum Gasteiger partial charge on any atom is 0.226 e. The molecule has 0 radical (unpaired) electrons. The third-order valence-electron chi connectivity index (χ3n) is 2.17. The highest BCUT2D eigenvalue weighted by Crippen LogP contribution is 2.25. The Balaban J connectivity index is 2.05. The topological polar surface area (TPSA) is 67.8 Å². The van der Waals surface area contributed by atoms with E-state index in [9.17, 15) is 4.79 Å². The number of nitrogens with zero attached hydrogens (tertiary/aromatic N) is 3. The van der Waals surface area contributed by atoms with Crippen molar-refractivity contribution < 1.29 is 4.79 Å². The average molecular weight is 262 g/mol. The number of carbonyl (C=O) groups is 1. The summed E-state index contributed by atoms with van der Waals surface area (Å²) in [7, 11) is 0. The summed E-state index contributed by atoms with van der Waals surface area (Å²) in [6.07, 6.45) is 3.91. The molecular weight excluding hydrogens is 248 g/mol. The zero-order chi connectivity index (χ0) is 13.0. The largest absolute Gasteiger partial charge is 0.301 e. The summed E-state index contributed by atoms with van der Waals surface area (Å²) in [5.74, 6) is 0.301. The number of pyridine rings is 1. The summed E-state index contributed by atoms with van der Waals surface area (Å²) >= 11 is 1.35. The van der Waals surface area contributed by atoms with Gasteiger partial charge < -0.3 is 5.32 Å². The van der Waals surface area contributed by atoms with E-state index in [1.54, 1.807) is 12.4 Å². The van der Waals surface area contributed by atoms with Crippen molar-refractivity contribution in [2.24, 2.45) is 5.92 Å². The predicted octanol–water partition coefficient (Wildman–Crippen LogP) is 2.58. The molecule has 1 amide bonds. The first-order chi connectivity index (χ1) is 8.65. The van der Waals surface area contributed by atoms with Crippen LogP contribution in [0.5, 0.6) is 0 Å². The molecule has 0 unspecified atom stereocenters. The van der Waals surface area contributed by atoms with Crippen LogP contribution in [0.4, 0.5) is 5.13 Å². The quantitative estimate of drug-likeness (QED) is 0.919. The van der Waals surface area contributed by atoms with Crippen LogP contribution in [0.25, 0.3) is 10.6 Å². The van der Waals surface area contributed by atoms with Gasteiger partial charge in [0.15, 0.2) is 5.01 Å². The summed E-state index contributed by atoms with van der Waals surface area (Å²) < 4.78 is 0. The fourth-order valence-corrected chi connectivity index (χ4v) is 2.17. The lowest BCUT2D eigenvalue weighted by Crippen LogP contribution is -2.13. The van der Waals surface area contributed by atoms with Gasteiger partial charge >= 0.3 is 0 Å². The number of anilines is 1. The Morgan fingerprint density at radius 1 is 1.44 bits per heavy atom. The van der Waals surface area contributed by atoms with Crippen molar-refractivity contribution in [2.45, 2.75) is 20.3 Å². The molecule has 2 aromatic heterocycles. The molecular formula is C12H14N4OS. The average Bonchev–Trinajstić information content (AvgIpc) is 2.77. The van der Waals surface area contributed by atoms with E-state index in [0.29, 0.717) is 17.5 Å². The van der Waals surface area contributed by atoms with E-state index in [0.717, 1.165) is 10.6 Å². The maximum atomic E-state index is 11.6. The van der Waals surface area contributed by atoms with Crippen LogP contribution < -0.4 is 5.32 Å². The molecule has 6 heteroatoms. The van der Waals surface area contributed by atoms with Crippen molar-refractivity contribution in [3.63, 3.8) is 0 Å². The lowest BCUT2D eigenvalue weighted by Gasteiger charge is -2.02. The fraction of sp³-hybridized carbons (Fsp3) is 0.333. The second-order valence-corrected chi connectivity index (χ2v) is 5.28. The Kier molecular flexibility index (Phi) is 3.99. The molecule has 94 valence electrons. The van der Waals surface area contributed by atoms with Gasteiger partial charge in [0.25, 0.3) is 0 Å². The van der Waals surface area contributed by atoms with Gasteiger partial charge in [-0.15, -0.1) is 10.2 Å². The summed E-state index contributed by atoms with van der Waals surface area (Å²) in [6.45, 7) is 4.00. The van der Waals surface area contributed by atoms with Crippen LogP contribution in [-0.4, -0.2) is 21.1 Å². The van der Waals surface area contributed by atoms with E-state index in [1.807, 2.05) is 26.0 Å². The molecule has 0 fully saturated rings. The molecule has 0 aliphatic heterocycles. The molecule has 18 heavy (non-hydrogen) atoms. The van der Waals surface area contributed by atoms with Crippen LogP contribution in [0.1, 0.15) is 20.3 Å². The van der Waals surface area contributed by atoms with Gasteiger partial charge in [0.05, 0.1) is 0 Å². The van der Waals surface area contributed by atoms with Gasteiger partial charge in [-0.1, -0.05) is 25.2 Å². The zero-order valence-corrected chi connectivity index (χ0v) is 11.1. The minimum absolute atomic E-state index is 0.0288. The molecule has 2 heterocycles. The van der Waals surface area contributed by atoms with Crippen molar-refractivity contribution in [3.05, 3.63) is 24.5 Å². The van der Waals surface area contributed by atoms with Gasteiger partial charge in [-0.2, -0.15) is 0 Å². The molecule has 0 saturated carbocycles. The number of hydrogen-bond acceptors (Lipinski definition) is 5. The van der Waals surface area contributed by atoms with E-state index < -0.39 is 0 Å². The summed E-state index contributed by atoms with van der Waals surface area (Å²) in [4.78, 5) is 15.6. The lowest BCUT2D eigenvalue weighted by molar-refractivity contribution is -0.116. The van der Waals surface area contributed by atoms with Gasteiger partial charge in [-0.25, -0.2) is 0 Å². The summed E-state index contributed by atoms with van der Waals surface area (Å²) in [5, 5.41) is 12.0. The molecule has 0 bridgehead atoms. The van der Waals surface area contributed by atoms with Crippen LogP contribution in [-0.2, 0) is 4.79 Å². The number of rotatable bonds is 4. The normalized spacial score (nSPS) is 10.6. The van der Waals surface area contributed by atoms with Crippen LogP contribution in [0, 0.1) is 5.92 Å². The minimum Gasteiger partial charge on any atom is -0.301 e. The van der Waals surface area contributed by atoms with Crippen LogP contribution >= 0.6 is 11.3 Å². The highest BCUT2D eigenvalue weighted by Gasteiger charge is 2.10. The molecule has 2 aromatic rings. The van der Waals surface area contributed by atoms with E-state index >= 15 is 0 Å². The van der Waals surface area contributed by atoms with Crippen LogP contribution in [0.2, 0.25) is 0 Å². The molecule has 0 aliphatic rings. The number of carbonyl (C=O) groups excluding carboxylic acids is 1. The lowest BCUT2D eigenvalue weighted by atomic mass is 10.1. The number of aromatic nitrogens is 3. The Labute approximate surface area is 109 Å². The number of nitrogens with one attached hydrogen (secondary N) is 1. The maximum absolute atomic E-state index is 11.6. The monoisotopic (exact) mass is 262 g/mol. The zero-order valence-electron chi connectivity index (χ0n) is 10.3. The predicted molar refractivity (Wildman–Crippen MR) is 71.2 cm³/mol. The first kappa shape index (κ1) is 12.6. The van der Waals surface area contributed by atoms with E-state index in [4.69, 9.17) is 0 Å². The Bertz CT molecular complexity index is 524.